The molecule has 1 aliphatic rings. The first-order chi connectivity index (χ1) is 4.83. The molecule has 1 N–H and O–H groups in total. The molecule has 1 heterocycles. The summed E-state index contributed by atoms with van der Waals surface area (Å²) in [6, 6.07) is 0. The molecule has 0 amide bonds. The van der Waals surface area contributed by atoms with Crippen LogP contribution >= 0.6 is 0 Å². The summed E-state index contributed by atoms with van der Waals surface area (Å²) in [7, 11) is 0. The highest BCUT2D eigenvalue weighted by Gasteiger charge is 2.21. The summed E-state index contributed by atoms with van der Waals surface area (Å²) >= 11 is 0. The maximum atomic E-state index is 10.3. The summed E-state index contributed by atoms with van der Waals surface area (Å²) in [5, 5.41) is 8.41. The van der Waals surface area contributed by atoms with E-state index >= 15 is 0 Å². The van der Waals surface area contributed by atoms with Crippen molar-refractivity contribution in [3.63, 3.8) is 0 Å². The standard InChI is InChI=1S/C5H8O3.C2H2/c6-3-4-1-2-5(7)8-4;1-2/h4,6H,1-3H2;1-2H/t4-;/m0./s1. The zero-order valence-corrected chi connectivity index (χ0v) is 5.62. The smallest absolute Gasteiger partial charge is 0.306 e. The number of carbonyl (C=O) groups excluding carboxylic acids is 1. The lowest BCUT2D eigenvalue weighted by Gasteiger charge is -2.01. The quantitative estimate of drug-likeness (QED) is 0.412. The maximum Gasteiger partial charge on any atom is 0.306 e. The Hall–Kier alpha value is -1.01. The van der Waals surface area contributed by atoms with Gasteiger partial charge < -0.3 is 9.84 Å². The lowest BCUT2D eigenvalue weighted by Crippen LogP contribution is -2.10. The number of aliphatic hydroxyl groups excluding tert-OH is 1. The van der Waals surface area contributed by atoms with Crippen LogP contribution in [-0.2, 0) is 9.53 Å². The zero-order chi connectivity index (χ0) is 7.98. The van der Waals surface area contributed by atoms with E-state index in [1.54, 1.807) is 0 Å². The first-order valence-corrected chi connectivity index (χ1v) is 2.96. The maximum absolute atomic E-state index is 10.3. The molecule has 1 rings (SSSR count). The number of aliphatic hydroxyl groups is 1. The summed E-state index contributed by atoms with van der Waals surface area (Å²) in [4.78, 5) is 10.3. The number of terminal acetylenes is 1. The van der Waals surface area contributed by atoms with Gasteiger partial charge in [0.15, 0.2) is 0 Å². The fraction of sp³-hybridized carbons (Fsp3) is 0.571. The predicted molar refractivity (Wildman–Crippen MR) is 36.1 cm³/mol. The Bertz CT molecular complexity index is 128. The van der Waals surface area contributed by atoms with E-state index in [1.807, 2.05) is 0 Å². The van der Waals surface area contributed by atoms with E-state index in [1.165, 1.54) is 0 Å². The fourth-order valence-electron chi connectivity index (χ4n) is 0.711. The van der Waals surface area contributed by atoms with Crippen molar-refractivity contribution in [1.29, 1.82) is 0 Å². The summed E-state index contributed by atoms with van der Waals surface area (Å²) in [5.74, 6) is -0.191. The van der Waals surface area contributed by atoms with E-state index in [0.29, 0.717) is 12.8 Å². The molecule has 0 aromatic rings. The lowest BCUT2D eigenvalue weighted by atomic mass is 10.2. The molecule has 10 heavy (non-hydrogen) atoms. The topological polar surface area (TPSA) is 46.5 Å². The number of hydrogen-bond acceptors (Lipinski definition) is 3. The number of carbonyl (C=O) groups is 1. The number of esters is 1. The Kier molecular flexibility index (Phi) is 4.34. The molecular formula is C7H10O3. The minimum Gasteiger partial charge on any atom is -0.460 e. The molecule has 0 bridgehead atoms. The van der Waals surface area contributed by atoms with Crippen LogP contribution in [0.1, 0.15) is 12.8 Å². The molecule has 0 unspecified atom stereocenters. The van der Waals surface area contributed by atoms with Crippen molar-refractivity contribution in [3.05, 3.63) is 0 Å². The molecule has 0 aromatic carbocycles. The summed E-state index contributed by atoms with van der Waals surface area (Å²) in [6.45, 7) is -0.0360. The van der Waals surface area contributed by atoms with E-state index in [4.69, 9.17) is 5.11 Å². The van der Waals surface area contributed by atoms with Crippen LogP contribution in [-0.4, -0.2) is 23.8 Å². The molecule has 0 saturated carbocycles. The fourth-order valence-corrected chi connectivity index (χ4v) is 0.711. The van der Waals surface area contributed by atoms with Crippen LogP contribution in [0, 0.1) is 12.8 Å². The molecule has 3 nitrogen and oxygen atoms in total. The van der Waals surface area contributed by atoms with Gasteiger partial charge in [0.25, 0.3) is 0 Å². The van der Waals surface area contributed by atoms with Crippen LogP contribution in [0.4, 0.5) is 0 Å². The predicted octanol–water partition coefficient (Wildman–Crippen LogP) is -0.0663. The normalized spacial score (nSPS) is 22.7. The monoisotopic (exact) mass is 142 g/mol. The average Bonchev–Trinajstić information content (AvgIpc) is 2.40. The molecule has 0 spiro atoms. The average molecular weight is 142 g/mol. The third-order valence-electron chi connectivity index (χ3n) is 1.17. The summed E-state index contributed by atoms with van der Waals surface area (Å²) in [6.07, 6.45) is 8.92. The lowest BCUT2D eigenvalue weighted by molar-refractivity contribution is -0.142. The van der Waals surface area contributed by atoms with Crippen molar-refractivity contribution in [2.45, 2.75) is 18.9 Å². The first-order valence-electron chi connectivity index (χ1n) is 2.96. The van der Waals surface area contributed by atoms with Gasteiger partial charge in [-0.2, -0.15) is 0 Å². The van der Waals surface area contributed by atoms with Gasteiger partial charge in [0.1, 0.15) is 6.10 Å². The third kappa shape index (κ3) is 2.51. The van der Waals surface area contributed by atoms with Crippen molar-refractivity contribution < 1.29 is 14.6 Å². The molecular weight excluding hydrogens is 132 g/mol. The van der Waals surface area contributed by atoms with E-state index < -0.39 is 0 Å². The summed E-state index contributed by atoms with van der Waals surface area (Å²) < 4.78 is 4.62. The van der Waals surface area contributed by atoms with Crippen LogP contribution in [0.15, 0.2) is 0 Å². The van der Waals surface area contributed by atoms with E-state index in [9.17, 15) is 4.79 Å². The molecule has 0 aliphatic carbocycles. The van der Waals surface area contributed by atoms with Crippen LogP contribution in [0.3, 0.4) is 0 Å². The van der Waals surface area contributed by atoms with Crippen LogP contribution in [0.5, 0.6) is 0 Å². The second kappa shape index (κ2) is 4.83. The zero-order valence-electron chi connectivity index (χ0n) is 5.62. The van der Waals surface area contributed by atoms with Crippen molar-refractivity contribution in [2.75, 3.05) is 6.61 Å². The Balaban J connectivity index is 0.000000371. The Labute approximate surface area is 60.0 Å². The van der Waals surface area contributed by atoms with E-state index in [0.717, 1.165) is 0 Å². The van der Waals surface area contributed by atoms with E-state index in [2.05, 4.69) is 17.6 Å². The Morgan fingerprint density at radius 2 is 2.30 bits per heavy atom. The van der Waals surface area contributed by atoms with Crippen molar-refractivity contribution in [2.24, 2.45) is 0 Å². The molecule has 0 radical (unpaired) electrons. The molecule has 1 saturated heterocycles. The summed E-state index contributed by atoms with van der Waals surface area (Å²) in [5.41, 5.74) is 0. The number of hydrogen-bond donors (Lipinski definition) is 1. The van der Waals surface area contributed by atoms with Gasteiger partial charge in [0, 0.05) is 6.42 Å². The van der Waals surface area contributed by atoms with Gasteiger partial charge in [0.2, 0.25) is 0 Å². The Morgan fingerprint density at radius 1 is 1.70 bits per heavy atom. The molecule has 0 aromatic heterocycles. The number of rotatable bonds is 1. The SMILES string of the molecule is C#C.O=C1CC[C@@H](CO)O1. The van der Waals surface area contributed by atoms with Crippen molar-refractivity contribution in [3.8, 4) is 12.8 Å². The second-order valence-electron chi connectivity index (χ2n) is 1.83. The van der Waals surface area contributed by atoms with Gasteiger partial charge in [0.05, 0.1) is 6.61 Å². The van der Waals surface area contributed by atoms with Crippen LogP contribution in [0.25, 0.3) is 0 Å². The molecule has 1 atom stereocenters. The van der Waals surface area contributed by atoms with Gasteiger partial charge >= 0.3 is 5.97 Å². The van der Waals surface area contributed by atoms with Crippen LogP contribution in [0.2, 0.25) is 0 Å². The van der Waals surface area contributed by atoms with Crippen molar-refractivity contribution in [1.82, 2.24) is 0 Å². The van der Waals surface area contributed by atoms with Crippen molar-refractivity contribution >= 4 is 5.97 Å². The van der Waals surface area contributed by atoms with Gasteiger partial charge in [-0.15, -0.1) is 12.8 Å². The Morgan fingerprint density at radius 3 is 2.50 bits per heavy atom. The third-order valence-corrected chi connectivity index (χ3v) is 1.17. The highest BCUT2D eigenvalue weighted by molar-refractivity contribution is 5.71. The highest BCUT2D eigenvalue weighted by atomic mass is 16.6. The molecule has 3 heteroatoms. The first kappa shape index (κ1) is 8.99. The minimum atomic E-state index is -0.220. The number of cyclic esters (lactones) is 1. The highest BCUT2D eigenvalue weighted by Crippen LogP contribution is 2.11. The van der Waals surface area contributed by atoms with E-state index in [-0.39, 0.29) is 18.7 Å². The van der Waals surface area contributed by atoms with Gasteiger partial charge in [-0.1, -0.05) is 0 Å². The largest absolute Gasteiger partial charge is 0.460 e. The van der Waals surface area contributed by atoms with Gasteiger partial charge in [-0.3, -0.25) is 4.79 Å². The van der Waals surface area contributed by atoms with Crippen LogP contribution < -0.4 is 0 Å². The minimum absolute atomic E-state index is 0.0360. The van der Waals surface area contributed by atoms with Gasteiger partial charge in [-0.25, -0.2) is 0 Å². The van der Waals surface area contributed by atoms with Gasteiger partial charge in [-0.05, 0) is 6.42 Å². The molecule has 1 aliphatic heterocycles. The second-order valence-corrected chi connectivity index (χ2v) is 1.83. The molecule has 56 valence electrons. The molecule has 1 fully saturated rings. The number of ether oxygens (including phenoxy) is 1.